The second kappa shape index (κ2) is 6.00. The molecule has 0 radical (unpaired) electrons. The summed E-state index contributed by atoms with van der Waals surface area (Å²) in [7, 11) is 0. The third-order valence-corrected chi connectivity index (χ3v) is 2.79. The number of anilines is 2. The van der Waals surface area contributed by atoms with Gasteiger partial charge in [-0.15, -0.1) is 0 Å². The Morgan fingerprint density at radius 2 is 2.00 bits per heavy atom. The number of carbonyl (C=O) groups excluding carboxylic acids is 1. The summed E-state index contributed by atoms with van der Waals surface area (Å²) in [4.78, 5) is 15.8. The van der Waals surface area contributed by atoms with Gasteiger partial charge in [-0.2, -0.15) is 0 Å². The summed E-state index contributed by atoms with van der Waals surface area (Å²) in [6, 6.07) is 11.1. The van der Waals surface area contributed by atoms with E-state index in [1.165, 1.54) is 11.8 Å². The molecule has 0 bridgehead atoms. The molecule has 0 aliphatic carbocycles. The lowest BCUT2D eigenvalue weighted by atomic mass is 10.1. The van der Waals surface area contributed by atoms with Gasteiger partial charge < -0.3 is 11.1 Å². The summed E-state index contributed by atoms with van der Waals surface area (Å²) in [5.41, 5.74) is 8.11. The number of hydrogen-bond acceptors (Lipinski definition) is 3. The van der Waals surface area contributed by atoms with Gasteiger partial charge in [0.25, 0.3) is 5.91 Å². The highest BCUT2D eigenvalue weighted by atomic mass is 16.1. The van der Waals surface area contributed by atoms with Crippen molar-refractivity contribution in [3.8, 4) is 0 Å². The number of pyridine rings is 1. The maximum Gasteiger partial charge on any atom is 0.255 e. The van der Waals surface area contributed by atoms with E-state index < -0.39 is 0 Å². The van der Waals surface area contributed by atoms with Gasteiger partial charge in [-0.05, 0) is 36.2 Å². The van der Waals surface area contributed by atoms with Crippen LogP contribution in [0.3, 0.4) is 0 Å². The van der Waals surface area contributed by atoms with Gasteiger partial charge in [0.2, 0.25) is 0 Å². The Kier molecular flexibility index (Phi) is 4.13. The number of nitrogens with one attached hydrogen (secondary N) is 1. The minimum Gasteiger partial charge on any atom is -0.384 e. The van der Waals surface area contributed by atoms with E-state index in [1.54, 1.807) is 12.1 Å². The molecule has 4 nitrogen and oxygen atoms in total. The van der Waals surface area contributed by atoms with Crippen LogP contribution in [0, 0.1) is 0 Å². The van der Waals surface area contributed by atoms with E-state index in [2.05, 4.69) is 17.2 Å². The van der Waals surface area contributed by atoms with E-state index >= 15 is 0 Å². The molecule has 1 amide bonds. The number of carbonyl (C=O) groups is 1. The fourth-order valence-corrected chi connectivity index (χ4v) is 1.84. The van der Waals surface area contributed by atoms with Gasteiger partial charge in [0, 0.05) is 17.4 Å². The highest BCUT2D eigenvalue weighted by Gasteiger charge is 2.06. The van der Waals surface area contributed by atoms with E-state index in [4.69, 9.17) is 5.73 Å². The van der Waals surface area contributed by atoms with Crippen molar-refractivity contribution in [1.82, 2.24) is 4.98 Å². The normalized spacial score (nSPS) is 10.2. The highest BCUT2D eigenvalue weighted by Crippen LogP contribution is 2.13. The van der Waals surface area contributed by atoms with E-state index in [1.807, 2.05) is 24.3 Å². The molecule has 98 valence electrons. The number of rotatable bonds is 4. The first-order valence-corrected chi connectivity index (χ1v) is 6.31. The zero-order valence-electron chi connectivity index (χ0n) is 10.9. The number of benzene rings is 1. The first kappa shape index (κ1) is 13.1. The fraction of sp³-hybridized carbons (Fsp3) is 0.200. The molecule has 0 aliphatic rings. The van der Waals surface area contributed by atoms with Gasteiger partial charge in [-0.25, -0.2) is 4.98 Å². The molecule has 1 aromatic heterocycles. The Hall–Kier alpha value is -2.36. The second-order valence-electron chi connectivity index (χ2n) is 4.37. The maximum absolute atomic E-state index is 12.0. The zero-order chi connectivity index (χ0) is 13.7. The molecular weight excluding hydrogens is 238 g/mol. The number of aryl methyl sites for hydroxylation is 1. The molecule has 0 saturated heterocycles. The van der Waals surface area contributed by atoms with Crippen molar-refractivity contribution in [3.63, 3.8) is 0 Å². The number of aromatic nitrogens is 1. The van der Waals surface area contributed by atoms with Gasteiger partial charge in [-0.3, -0.25) is 4.79 Å². The molecule has 0 saturated carbocycles. The van der Waals surface area contributed by atoms with Crippen molar-refractivity contribution in [1.29, 1.82) is 0 Å². The Morgan fingerprint density at radius 1 is 1.26 bits per heavy atom. The molecule has 0 fully saturated rings. The number of nitrogens with zero attached hydrogens (tertiary/aromatic N) is 1. The summed E-state index contributed by atoms with van der Waals surface area (Å²) in [6.45, 7) is 2.14. The molecular formula is C15H17N3O. The SMILES string of the molecule is CCCc1ccc(NC(=O)c2ccnc(N)c2)cc1. The van der Waals surface area contributed by atoms with Crippen molar-refractivity contribution in [3.05, 3.63) is 53.7 Å². The maximum atomic E-state index is 12.0. The van der Waals surface area contributed by atoms with Crippen LogP contribution in [0.1, 0.15) is 29.3 Å². The summed E-state index contributed by atoms with van der Waals surface area (Å²) in [5.74, 6) is 0.156. The Bertz CT molecular complexity index is 564. The van der Waals surface area contributed by atoms with Gasteiger partial charge in [0.05, 0.1) is 0 Å². The molecule has 1 aromatic carbocycles. The van der Waals surface area contributed by atoms with E-state index in [9.17, 15) is 4.79 Å². The minimum atomic E-state index is -0.183. The average Bonchev–Trinajstić information content (AvgIpc) is 2.41. The second-order valence-corrected chi connectivity index (χ2v) is 4.37. The topological polar surface area (TPSA) is 68.0 Å². The van der Waals surface area contributed by atoms with Crippen LogP contribution in [-0.2, 0) is 6.42 Å². The zero-order valence-corrected chi connectivity index (χ0v) is 10.9. The molecule has 0 spiro atoms. The van der Waals surface area contributed by atoms with Crippen LogP contribution in [0.25, 0.3) is 0 Å². The van der Waals surface area contributed by atoms with Crippen LogP contribution < -0.4 is 11.1 Å². The lowest BCUT2D eigenvalue weighted by Crippen LogP contribution is -2.12. The first-order chi connectivity index (χ1) is 9.19. The number of nitrogens with two attached hydrogens (primary N) is 1. The Labute approximate surface area is 112 Å². The number of amides is 1. The summed E-state index contributed by atoms with van der Waals surface area (Å²) < 4.78 is 0. The molecule has 4 heteroatoms. The van der Waals surface area contributed by atoms with Crippen molar-refractivity contribution >= 4 is 17.4 Å². The molecule has 2 rings (SSSR count). The standard InChI is InChI=1S/C15H17N3O/c1-2-3-11-4-6-13(7-5-11)18-15(19)12-8-9-17-14(16)10-12/h4-10H,2-3H2,1H3,(H2,16,17)(H,18,19). The van der Waals surface area contributed by atoms with Crippen LogP contribution in [-0.4, -0.2) is 10.9 Å². The minimum absolute atomic E-state index is 0.183. The van der Waals surface area contributed by atoms with Crippen molar-refractivity contribution < 1.29 is 4.79 Å². The van der Waals surface area contributed by atoms with E-state index in [0.717, 1.165) is 18.5 Å². The van der Waals surface area contributed by atoms with Gasteiger partial charge in [0.1, 0.15) is 5.82 Å². The lowest BCUT2D eigenvalue weighted by Gasteiger charge is -2.06. The molecule has 0 unspecified atom stereocenters. The summed E-state index contributed by atoms with van der Waals surface area (Å²) in [5, 5.41) is 2.83. The predicted octanol–water partition coefficient (Wildman–Crippen LogP) is 2.87. The van der Waals surface area contributed by atoms with Crippen LogP contribution >= 0.6 is 0 Å². The number of nitrogen functional groups attached to an aromatic ring is 1. The first-order valence-electron chi connectivity index (χ1n) is 6.31. The Morgan fingerprint density at radius 3 is 2.63 bits per heavy atom. The molecule has 0 atom stereocenters. The monoisotopic (exact) mass is 255 g/mol. The van der Waals surface area contributed by atoms with E-state index in [0.29, 0.717) is 11.4 Å². The van der Waals surface area contributed by atoms with Crippen molar-refractivity contribution in [2.75, 3.05) is 11.1 Å². The smallest absolute Gasteiger partial charge is 0.255 e. The van der Waals surface area contributed by atoms with Gasteiger partial charge >= 0.3 is 0 Å². The van der Waals surface area contributed by atoms with Crippen LogP contribution in [0.15, 0.2) is 42.6 Å². The molecule has 19 heavy (non-hydrogen) atoms. The van der Waals surface area contributed by atoms with Gasteiger partial charge in [0.15, 0.2) is 0 Å². The Balaban J connectivity index is 2.06. The van der Waals surface area contributed by atoms with E-state index in [-0.39, 0.29) is 5.91 Å². The summed E-state index contributed by atoms with van der Waals surface area (Å²) in [6.07, 6.45) is 3.69. The average molecular weight is 255 g/mol. The quantitative estimate of drug-likeness (QED) is 0.882. The van der Waals surface area contributed by atoms with Crippen LogP contribution in [0.2, 0.25) is 0 Å². The van der Waals surface area contributed by atoms with Crippen molar-refractivity contribution in [2.24, 2.45) is 0 Å². The van der Waals surface area contributed by atoms with Crippen LogP contribution in [0.4, 0.5) is 11.5 Å². The fourth-order valence-electron chi connectivity index (χ4n) is 1.84. The molecule has 3 N–H and O–H groups in total. The molecule has 2 aromatic rings. The molecule has 0 aliphatic heterocycles. The third-order valence-electron chi connectivity index (χ3n) is 2.79. The van der Waals surface area contributed by atoms with Gasteiger partial charge in [-0.1, -0.05) is 25.5 Å². The third kappa shape index (κ3) is 3.55. The molecule has 1 heterocycles. The van der Waals surface area contributed by atoms with Crippen molar-refractivity contribution in [2.45, 2.75) is 19.8 Å². The number of hydrogen-bond donors (Lipinski definition) is 2. The lowest BCUT2D eigenvalue weighted by molar-refractivity contribution is 0.102. The summed E-state index contributed by atoms with van der Waals surface area (Å²) >= 11 is 0. The predicted molar refractivity (Wildman–Crippen MR) is 77.0 cm³/mol. The largest absolute Gasteiger partial charge is 0.384 e. The van der Waals surface area contributed by atoms with Crippen LogP contribution in [0.5, 0.6) is 0 Å². The highest BCUT2D eigenvalue weighted by molar-refractivity contribution is 6.04.